The van der Waals surface area contributed by atoms with Crippen molar-refractivity contribution >= 4 is 17.5 Å². The van der Waals surface area contributed by atoms with Gasteiger partial charge in [0, 0.05) is 25.7 Å². The van der Waals surface area contributed by atoms with Crippen LogP contribution in [0.25, 0.3) is 0 Å². The standard InChI is InChI=1S/C17H24N2O2/c1-13-7-8-16(11-14(13)2)19(15(3)20)12-17(21)18-9-5-4-6-10-18/h7-8,11H,4-6,9-10,12H2,1-3H3. The molecule has 0 aliphatic carbocycles. The van der Waals surface area contributed by atoms with Crippen LogP contribution in [0.15, 0.2) is 18.2 Å². The lowest BCUT2D eigenvalue weighted by atomic mass is 10.1. The molecular formula is C17H24N2O2. The van der Waals surface area contributed by atoms with Gasteiger partial charge in [-0.1, -0.05) is 6.07 Å². The van der Waals surface area contributed by atoms with E-state index in [2.05, 4.69) is 0 Å². The summed E-state index contributed by atoms with van der Waals surface area (Å²) in [6.07, 6.45) is 3.32. The Morgan fingerprint density at radius 2 is 1.76 bits per heavy atom. The molecule has 4 heteroatoms. The first-order valence-electron chi connectivity index (χ1n) is 7.62. The van der Waals surface area contributed by atoms with E-state index < -0.39 is 0 Å². The van der Waals surface area contributed by atoms with Crippen LogP contribution in [-0.2, 0) is 9.59 Å². The van der Waals surface area contributed by atoms with E-state index in [1.165, 1.54) is 18.9 Å². The molecule has 0 unspecified atom stereocenters. The molecule has 1 aliphatic heterocycles. The van der Waals surface area contributed by atoms with E-state index in [1.54, 1.807) is 4.90 Å². The summed E-state index contributed by atoms with van der Waals surface area (Å²) >= 11 is 0. The Hall–Kier alpha value is -1.84. The Labute approximate surface area is 126 Å². The van der Waals surface area contributed by atoms with Gasteiger partial charge in [0.1, 0.15) is 6.54 Å². The van der Waals surface area contributed by atoms with Crippen LogP contribution in [0.1, 0.15) is 37.3 Å². The number of hydrogen-bond donors (Lipinski definition) is 0. The molecule has 0 atom stereocenters. The number of benzene rings is 1. The highest BCUT2D eigenvalue weighted by atomic mass is 16.2. The van der Waals surface area contributed by atoms with Gasteiger partial charge in [-0.3, -0.25) is 9.59 Å². The fraction of sp³-hybridized carbons (Fsp3) is 0.529. The SMILES string of the molecule is CC(=O)N(CC(=O)N1CCCCC1)c1ccc(C)c(C)c1. The molecule has 2 rings (SSSR count). The van der Waals surface area contributed by atoms with Crippen LogP contribution in [-0.4, -0.2) is 36.3 Å². The summed E-state index contributed by atoms with van der Waals surface area (Å²) in [5.74, 6) is -0.0493. The Kier molecular flexibility index (Phi) is 4.99. The van der Waals surface area contributed by atoms with Crippen LogP contribution < -0.4 is 4.90 Å². The molecule has 1 aromatic rings. The van der Waals surface area contributed by atoms with Crippen molar-refractivity contribution in [3.8, 4) is 0 Å². The number of likely N-dealkylation sites (tertiary alicyclic amines) is 1. The zero-order chi connectivity index (χ0) is 15.4. The van der Waals surface area contributed by atoms with Crippen LogP contribution >= 0.6 is 0 Å². The lowest BCUT2D eigenvalue weighted by molar-refractivity contribution is -0.132. The fourth-order valence-corrected chi connectivity index (χ4v) is 2.66. The molecule has 0 spiro atoms. The maximum atomic E-state index is 12.4. The van der Waals surface area contributed by atoms with Gasteiger partial charge >= 0.3 is 0 Å². The number of anilines is 1. The quantitative estimate of drug-likeness (QED) is 0.858. The highest BCUT2D eigenvalue weighted by Crippen LogP contribution is 2.19. The molecule has 4 nitrogen and oxygen atoms in total. The lowest BCUT2D eigenvalue weighted by Crippen LogP contribution is -2.44. The van der Waals surface area contributed by atoms with Crippen molar-refractivity contribution < 1.29 is 9.59 Å². The highest BCUT2D eigenvalue weighted by molar-refractivity contribution is 5.97. The molecule has 1 aromatic carbocycles. The Morgan fingerprint density at radius 1 is 1.10 bits per heavy atom. The zero-order valence-electron chi connectivity index (χ0n) is 13.2. The second-order valence-electron chi connectivity index (χ2n) is 5.82. The Morgan fingerprint density at radius 3 is 2.33 bits per heavy atom. The predicted octanol–water partition coefficient (Wildman–Crippen LogP) is 2.67. The van der Waals surface area contributed by atoms with Crippen molar-refractivity contribution in [3.63, 3.8) is 0 Å². The van der Waals surface area contributed by atoms with E-state index in [9.17, 15) is 9.59 Å². The number of piperidine rings is 1. The molecule has 1 aliphatic rings. The first-order valence-corrected chi connectivity index (χ1v) is 7.62. The van der Waals surface area contributed by atoms with Gasteiger partial charge in [-0.15, -0.1) is 0 Å². The topological polar surface area (TPSA) is 40.6 Å². The number of nitrogens with zero attached hydrogens (tertiary/aromatic N) is 2. The maximum Gasteiger partial charge on any atom is 0.242 e. The minimum Gasteiger partial charge on any atom is -0.341 e. The van der Waals surface area contributed by atoms with Gasteiger partial charge in [-0.25, -0.2) is 0 Å². The van der Waals surface area contributed by atoms with E-state index >= 15 is 0 Å². The van der Waals surface area contributed by atoms with Gasteiger partial charge in [0.15, 0.2) is 0 Å². The van der Waals surface area contributed by atoms with E-state index in [0.717, 1.165) is 37.2 Å². The number of carbonyl (C=O) groups excluding carboxylic acids is 2. The average molecular weight is 288 g/mol. The largest absolute Gasteiger partial charge is 0.341 e. The molecule has 114 valence electrons. The number of hydrogen-bond acceptors (Lipinski definition) is 2. The summed E-state index contributed by atoms with van der Waals surface area (Å²) < 4.78 is 0. The minimum atomic E-state index is -0.0939. The van der Waals surface area contributed by atoms with Gasteiger partial charge in [0.2, 0.25) is 11.8 Å². The summed E-state index contributed by atoms with van der Waals surface area (Å²) in [4.78, 5) is 27.7. The molecule has 1 saturated heterocycles. The number of carbonyl (C=O) groups is 2. The molecule has 2 amide bonds. The zero-order valence-corrected chi connectivity index (χ0v) is 13.2. The van der Waals surface area contributed by atoms with Crippen LogP contribution in [0.5, 0.6) is 0 Å². The monoisotopic (exact) mass is 288 g/mol. The number of rotatable bonds is 3. The Balaban J connectivity index is 2.13. The van der Waals surface area contributed by atoms with Crippen LogP contribution in [0.3, 0.4) is 0 Å². The van der Waals surface area contributed by atoms with Gasteiger partial charge < -0.3 is 9.80 Å². The average Bonchev–Trinajstić information content (AvgIpc) is 2.48. The molecule has 1 fully saturated rings. The van der Waals surface area contributed by atoms with Crippen molar-refractivity contribution in [2.45, 2.75) is 40.0 Å². The van der Waals surface area contributed by atoms with E-state index in [0.29, 0.717) is 0 Å². The third kappa shape index (κ3) is 3.84. The molecule has 1 heterocycles. The Bertz CT molecular complexity index is 534. The van der Waals surface area contributed by atoms with Crippen molar-refractivity contribution in [1.29, 1.82) is 0 Å². The van der Waals surface area contributed by atoms with E-state index in [4.69, 9.17) is 0 Å². The second-order valence-corrected chi connectivity index (χ2v) is 5.82. The normalized spacial score (nSPS) is 14.9. The highest BCUT2D eigenvalue weighted by Gasteiger charge is 2.21. The minimum absolute atomic E-state index is 0.0446. The molecule has 0 radical (unpaired) electrons. The molecule has 0 N–H and O–H groups in total. The first-order chi connectivity index (χ1) is 9.99. The van der Waals surface area contributed by atoms with Crippen molar-refractivity contribution in [3.05, 3.63) is 29.3 Å². The van der Waals surface area contributed by atoms with Gasteiger partial charge in [0.05, 0.1) is 0 Å². The maximum absolute atomic E-state index is 12.4. The summed E-state index contributed by atoms with van der Waals surface area (Å²) in [6, 6.07) is 5.87. The molecule has 0 saturated carbocycles. The fourth-order valence-electron chi connectivity index (χ4n) is 2.66. The molecule has 21 heavy (non-hydrogen) atoms. The third-order valence-corrected chi connectivity index (χ3v) is 4.18. The van der Waals surface area contributed by atoms with Crippen molar-refractivity contribution in [1.82, 2.24) is 4.90 Å². The summed E-state index contributed by atoms with van der Waals surface area (Å²) in [6.45, 7) is 7.34. The number of amides is 2. The van der Waals surface area contributed by atoms with Crippen molar-refractivity contribution in [2.75, 3.05) is 24.5 Å². The number of aryl methyl sites for hydroxylation is 2. The molecule has 0 bridgehead atoms. The molecular weight excluding hydrogens is 264 g/mol. The summed E-state index contributed by atoms with van der Waals surface area (Å²) in [5.41, 5.74) is 3.12. The predicted molar refractivity (Wildman–Crippen MR) is 84.4 cm³/mol. The van der Waals surface area contributed by atoms with Crippen molar-refractivity contribution in [2.24, 2.45) is 0 Å². The van der Waals surface area contributed by atoms with Gasteiger partial charge in [-0.05, 0) is 56.4 Å². The van der Waals surface area contributed by atoms with Gasteiger partial charge in [-0.2, -0.15) is 0 Å². The third-order valence-electron chi connectivity index (χ3n) is 4.18. The second kappa shape index (κ2) is 6.74. The first kappa shape index (κ1) is 15.5. The molecule has 0 aromatic heterocycles. The summed E-state index contributed by atoms with van der Waals surface area (Å²) in [7, 11) is 0. The van der Waals surface area contributed by atoms with Gasteiger partial charge in [0.25, 0.3) is 0 Å². The lowest BCUT2D eigenvalue weighted by Gasteiger charge is -2.30. The van der Waals surface area contributed by atoms with Crippen LogP contribution in [0.4, 0.5) is 5.69 Å². The summed E-state index contributed by atoms with van der Waals surface area (Å²) in [5, 5.41) is 0. The van der Waals surface area contributed by atoms with Crippen LogP contribution in [0.2, 0.25) is 0 Å². The van der Waals surface area contributed by atoms with E-state index in [-0.39, 0.29) is 18.4 Å². The smallest absolute Gasteiger partial charge is 0.242 e. The van der Waals surface area contributed by atoms with E-state index in [1.807, 2.05) is 36.9 Å². The van der Waals surface area contributed by atoms with Crippen LogP contribution in [0, 0.1) is 13.8 Å².